The van der Waals surface area contributed by atoms with E-state index < -0.39 is 23.5 Å². The van der Waals surface area contributed by atoms with Crippen LogP contribution >= 0.6 is 0 Å². The van der Waals surface area contributed by atoms with Crippen molar-refractivity contribution in [2.75, 3.05) is 6.61 Å². The second kappa shape index (κ2) is 9.72. The number of nitrogens with one attached hydrogen (secondary N) is 2. The van der Waals surface area contributed by atoms with Gasteiger partial charge in [0.2, 0.25) is 5.91 Å². The van der Waals surface area contributed by atoms with Crippen molar-refractivity contribution in [3.05, 3.63) is 59.7 Å². The molecular weight excluding hydrogens is 444 g/mol. The van der Waals surface area contributed by atoms with Gasteiger partial charge in [0.1, 0.15) is 12.1 Å². The summed E-state index contributed by atoms with van der Waals surface area (Å²) < 4.78 is 5.71. The van der Waals surface area contributed by atoms with E-state index in [0.29, 0.717) is 25.7 Å². The number of alkyl carbamates (subject to hydrolysis) is 1. The van der Waals surface area contributed by atoms with Gasteiger partial charge in [0.05, 0.1) is 5.92 Å². The van der Waals surface area contributed by atoms with Gasteiger partial charge in [-0.05, 0) is 54.4 Å². The Balaban J connectivity index is 1.24. The molecule has 2 aromatic rings. The van der Waals surface area contributed by atoms with Gasteiger partial charge in [-0.25, -0.2) is 4.79 Å². The van der Waals surface area contributed by atoms with Crippen LogP contribution < -0.4 is 10.6 Å². The van der Waals surface area contributed by atoms with Gasteiger partial charge in [0, 0.05) is 12.0 Å². The zero-order chi connectivity index (χ0) is 24.4. The van der Waals surface area contributed by atoms with Crippen LogP contribution in [-0.2, 0) is 14.3 Å². The number of fused-ring (bicyclic) bond motifs is 3. The maximum absolute atomic E-state index is 13.3. The Kier molecular flexibility index (Phi) is 6.50. The van der Waals surface area contributed by atoms with E-state index in [1.165, 1.54) is 0 Å². The molecule has 2 aromatic carbocycles. The Morgan fingerprint density at radius 1 is 0.914 bits per heavy atom. The number of ether oxygens (including phenoxy) is 1. The number of carboxylic acid groups (broad SMARTS) is 1. The van der Waals surface area contributed by atoms with Gasteiger partial charge < -0.3 is 20.5 Å². The molecule has 3 N–H and O–H groups in total. The maximum atomic E-state index is 13.3. The second-order valence-corrected chi connectivity index (χ2v) is 10.1. The summed E-state index contributed by atoms with van der Waals surface area (Å²) in [6, 6.07) is 16.2. The van der Waals surface area contributed by atoms with Gasteiger partial charge in [0.25, 0.3) is 0 Å². The van der Waals surface area contributed by atoms with Crippen molar-refractivity contribution in [2.45, 2.75) is 68.9 Å². The molecule has 0 saturated heterocycles. The number of aliphatic carboxylic acids is 1. The van der Waals surface area contributed by atoms with Crippen LogP contribution in [-0.4, -0.2) is 41.3 Å². The number of carbonyl (C=O) groups excluding carboxylic acids is 2. The molecule has 0 aromatic heterocycles. The largest absolute Gasteiger partial charge is 0.481 e. The van der Waals surface area contributed by atoms with Crippen LogP contribution in [0.25, 0.3) is 11.1 Å². The lowest BCUT2D eigenvalue weighted by Gasteiger charge is -2.33. The first kappa shape index (κ1) is 23.4. The van der Waals surface area contributed by atoms with Gasteiger partial charge in [0.15, 0.2) is 0 Å². The molecule has 0 heterocycles. The second-order valence-electron chi connectivity index (χ2n) is 10.1. The summed E-state index contributed by atoms with van der Waals surface area (Å²) in [4.78, 5) is 37.6. The van der Waals surface area contributed by atoms with E-state index in [0.717, 1.165) is 47.9 Å². The lowest BCUT2D eigenvalue weighted by atomic mass is 9.85. The number of hydrogen-bond donors (Lipinski definition) is 3. The monoisotopic (exact) mass is 476 g/mol. The molecule has 2 unspecified atom stereocenters. The molecule has 0 bridgehead atoms. The van der Waals surface area contributed by atoms with Crippen molar-refractivity contribution in [3.63, 3.8) is 0 Å². The minimum absolute atomic E-state index is 0.0447. The topological polar surface area (TPSA) is 105 Å². The predicted octanol–water partition coefficient (Wildman–Crippen LogP) is 4.60. The van der Waals surface area contributed by atoms with Crippen LogP contribution in [0.15, 0.2) is 48.5 Å². The van der Waals surface area contributed by atoms with E-state index >= 15 is 0 Å². The fraction of sp³-hybridized carbons (Fsp3) is 0.464. The maximum Gasteiger partial charge on any atom is 0.408 e. The third kappa shape index (κ3) is 4.64. The van der Waals surface area contributed by atoms with E-state index in [1.807, 2.05) is 24.3 Å². The van der Waals surface area contributed by atoms with E-state index in [9.17, 15) is 19.5 Å². The summed E-state index contributed by atoms with van der Waals surface area (Å²) in [5, 5.41) is 15.3. The van der Waals surface area contributed by atoms with Crippen molar-refractivity contribution >= 4 is 18.0 Å². The summed E-state index contributed by atoms with van der Waals surface area (Å²) >= 11 is 0. The molecule has 35 heavy (non-hydrogen) atoms. The van der Waals surface area contributed by atoms with E-state index in [2.05, 4.69) is 34.9 Å². The third-order valence-corrected chi connectivity index (χ3v) is 7.94. The van der Waals surface area contributed by atoms with Crippen molar-refractivity contribution in [3.8, 4) is 11.1 Å². The normalized spacial score (nSPS) is 22.6. The van der Waals surface area contributed by atoms with Gasteiger partial charge in [-0.2, -0.15) is 0 Å². The number of benzene rings is 2. The third-order valence-electron chi connectivity index (χ3n) is 7.94. The summed E-state index contributed by atoms with van der Waals surface area (Å²) in [6.07, 6.45) is 4.82. The predicted molar refractivity (Wildman–Crippen MR) is 131 cm³/mol. The smallest absolute Gasteiger partial charge is 0.408 e. The zero-order valence-electron chi connectivity index (χ0n) is 19.8. The van der Waals surface area contributed by atoms with Crippen LogP contribution in [0.4, 0.5) is 4.79 Å². The lowest BCUT2D eigenvalue weighted by Crippen LogP contribution is -2.59. The van der Waals surface area contributed by atoms with Crippen LogP contribution in [0.2, 0.25) is 0 Å². The molecule has 5 rings (SSSR count). The zero-order valence-corrected chi connectivity index (χ0v) is 19.8. The van der Waals surface area contributed by atoms with Crippen LogP contribution in [0.5, 0.6) is 0 Å². The molecule has 2 saturated carbocycles. The lowest BCUT2D eigenvalue weighted by molar-refractivity contribution is -0.143. The van der Waals surface area contributed by atoms with Crippen molar-refractivity contribution < 1.29 is 24.2 Å². The van der Waals surface area contributed by atoms with Gasteiger partial charge in [-0.15, -0.1) is 0 Å². The van der Waals surface area contributed by atoms with Crippen molar-refractivity contribution in [2.24, 2.45) is 5.92 Å². The Labute approximate surface area is 205 Å². The van der Waals surface area contributed by atoms with Crippen LogP contribution in [0.1, 0.15) is 68.4 Å². The highest BCUT2D eigenvalue weighted by molar-refractivity contribution is 5.90. The van der Waals surface area contributed by atoms with Gasteiger partial charge >= 0.3 is 12.1 Å². The number of carboxylic acids is 1. The summed E-state index contributed by atoms with van der Waals surface area (Å²) in [5.41, 5.74) is 3.60. The molecule has 3 aliphatic rings. The Bertz CT molecular complexity index is 1080. The van der Waals surface area contributed by atoms with E-state index in [1.54, 1.807) is 0 Å². The van der Waals surface area contributed by atoms with Crippen LogP contribution in [0.3, 0.4) is 0 Å². The Hall–Kier alpha value is -3.35. The highest BCUT2D eigenvalue weighted by Crippen LogP contribution is 2.44. The standard InChI is InChI=1S/C28H32N2O5/c31-25(32)18-8-7-9-19(16-18)29-26(33)28(14-5-6-15-28)30-27(34)35-17-24-22-12-3-1-10-20(22)21-11-2-4-13-23(21)24/h1-4,10-13,18-19,24H,5-9,14-17H2,(H,29,33)(H,30,34)(H,31,32). The molecule has 3 aliphatic carbocycles. The van der Waals surface area contributed by atoms with E-state index in [-0.39, 0.29) is 24.5 Å². The number of carbonyl (C=O) groups is 3. The van der Waals surface area contributed by atoms with Crippen molar-refractivity contribution in [1.82, 2.24) is 10.6 Å². The summed E-state index contributed by atoms with van der Waals surface area (Å²) in [6.45, 7) is 0.195. The number of rotatable bonds is 6. The molecule has 7 nitrogen and oxygen atoms in total. The number of hydrogen-bond acceptors (Lipinski definition) is 4. The van der Waals surface area contributed by atoms with Gasteiger partial charge in [-0.1, -0.05) is 67.8 Å². The highest BCUT2D eigenvalue weighted by atomic mass is 16.5. The molecule has 7 heteroatoms. The fourth-order valence-corrected chi connectivity index (χ4v) is 6.09. The summed E-state index contributed by atoms with van der Waals surface area (Å²) in [5.74, 6) is -1.50. The first-order valence-corrected chi connectivity index (χ1v) is 12.6. The highest BCUT2D eigenvalue weighted by Gasteiger charge is 2.44. The Morgan fingerprint density at radius 2 is 1.54 bits per heavy atom. The molecule has 0 spiro atoms. The van der Waals surface area contributed by atoms with Gasteiger partial charge in [-0.3, -0.25) is 9.59 Å². The molecule has 0 radical (unpaired) electrons. The summed E-state index contributed by atoms with van der Waals surface area (Å²) in [7, 11) is 0. The minimum Gasteiger partial charge on any atom is -0.481 e. The molecule has 184 valence electrons. The SMILES string of the molecule is O=C(NC1(C(=O)NC2CCCC(C(=O)O)C2)CCCC1)OCC1c2ccccc2-c2ccccc21. The molecular formula is C28H32N2O5. The van der Waals surface area contributed by atoms with Crippen molar-refractivity contribution in [1.29, 1.82) is 0 Å². The average molecular weight is 477 g/mol. The molecule has 2 amide bonds. The quantitative estimate of drug-likeness (QED) is 0.565. The Morgan fingerprint density at radius 3 is 2.17 bits per heavy atom. The first-order chi connectivity index (χ1) is 17.0. The van der Waals surface area contributed by atoms with Crippen LogP contribution in [0, 0.1) is 5.92 Å². The number of amides is 2. The molecule has 2 fully saturated rings. The first-order valence-electron chi connectivity index (χ1n) is 12.6. The van der Waals surface area contributed by atoms with E-state index in [4.69, 9.17) is 4.74 Å². The fourth-order valence-electron chi connectivity index (χ4n) is 6.09. The molecule has 0 aliphatic heterocycles. The molecule has 2 atom stereocenters. The average Bonchev–Trinajstić information content (AvgIpc) is 3.46. The minimum atomic E-state index is -1.00.